The van der Waals surface area contributed by atoms with Gasteiger partial charge < -0.3 is 10.4 Å². The molecule has 0 saturated heterocycles. The van der Waals surface area contributed by atoms with Crippen molar-refractivity contribution in [2.24, 2.45) is 0 Å². The van der Waals surface area contributed by atoms with Crippen LogP contribution in [0.25, 0.3) is 11.1 Å². The van der Waals surface area contributed by atoms with Crippen LogP contribution < -0.4 is 5.32 Å². The van der Waals surface area contributed by atoms with Crippen LogP contribution in [0.2, 0.25) is 0 Å². The quantitative estimate of drug-likeness (QED) is 0.895. The highest BCUT2D eigenvalue weighted by Gasteiger charge is 2.20. The molecule has 0 atom stereocenters. The summed E-state index contributed by atoms with van der Waals surface area (Å²) in [5, 5.41) is 12.0. The van der Waals surface area contributed by atoms with Gasteiger partial charge >= 0.3 is 0 Å². The summed E-state index contributed by atoms with van der Waals surface area (Å²) in [7, 11) is 0. The minimum atomic E-state index is -0.653. The predicted molar refractivity (Wildman–Crippen MR) is 78.3 cm³/mol. The molecule has 0 aliphatic carbocycles. The molecule has 0 radical (unpaired) electrons. The Labute approximate surface area is 118 Å². The minimum Gasteiger partial charge on any atom is -0.394 e. The van der Waals surface area contributed by atoms with E-state index in [1.54, 1.807) is 26.1 Å². The van der Waals surface area contributed by atoms with E-state index in [1.165, 1.54) is 6.20 Å². The molecule has 4 nitrogen and oxygen atoms in total. The van der Waals surface area contributed by atoms with Crippen LogP contribution in [0.5, 0.6) is 0 Å². The smallest absolute Gasteiger partial charge is 0.253 e. The fourth-order valence-corrected chi connectivity index (χ4v) is 1.77. The lowest BCUT2D eigenvalue weighted by Crippen LogP contribution is -2.46. The summed E-state index contributed by atoms with van der Waals surface area (Å²) in [6.07, 6.45) is 3.25. The number of carbonyl (C=O) groups excluding carboxylic acids is 1. The minimum absolute atomic E-state index is 0.120. The summed E-state index contributed by atoms with van der Waals surface area (Å²) < 4.78 is 0. The lowest BCUT2D eigenvalue weighted by Gasteiger charge is -2.23. The molecule has 20 heavy (non-hydrogen) atoms. The van der Waals surface area contributed by atoms with E-state index in [2.05, 4.69) is 10.3 Å². The second-order valence-corrected chi connectivity index (χ2v) is 5.32. The van der Waals surface area contributed by atoms with Gasteiger partial charge in [-0.15, -0.1) is 0 Å². The van der Waals surface area contributed by atoms with Crippen molar-refractivity contribution in [2.45, 2.75) is 19.4 Å². The van der Waals surface area contributed by atoms with E-state index in [-0.39, 0.29) is 12.5 Å². The molecule has 104 valence electrons. The topological polar surface area (TPSA) is 62.2 Å². The number of carbonyl (C=O) groups is 1. The van der Waals surface area contributed by atoms with Crippen molar-refractivity contribution in [3.63, 3.8) is 0 Å². The zero-order valence-corrected chi connectivity index (χ0v) is 11.6. The molecule has 1 aromatic heterocycles. The van der Waals surface area contributed by atoms with Gasteiger partial charge in [0.15, 0.2) is 0 Å². The number of aliphatic hydroxyl groups excluding tert-OH is 1. The third-order valence-electron chi connectivity index (χ3n) is 2.95. The number of pyridine rings is 1. The molecule has 1 aromatic carbocycles. The van der Waals surface area contributed by atoms with Gasteiger partial charge in [-0.25, -0.2) is 0 Å². The van der Waals surface area contributed by atoms with Crippen LogP contribution >= 0.6 is 0 Å². The monoisotopic (exact) mass is 270 g/mol. The molecule has 0 fully saturated rings. The molecule has 0 bridgehead atoms. The third-order valence-corrected chi connectivity index (χ3v) is 2.95. The molecule has 1 amide bonds. The van der Waals surface area contributed by atoms with Gasteiger partial charge in [0.05, 0.1) is 17.7 Å². The normalized spacial score (nSPS) is 11.2. The van der Waals surface area contributed by atoms with Gasteiger partial charge in [-0.3, -0.25) is 9.78 Å². The molecule has 0 saturated carbocycles. The molecule has 4 heteroatoms. The highest BCUT2D eigenvalue weighted by molar-refractivity contribution is 5.95. The molecular weight excluding hydrogens is 252 g/mol. The molecule has 0 spiro atoms. The van der Waals surface area contributed by atoms with Crippen molar-refractivity contribution in [1.82, 2.24) is 10.3 Å². The Morgan fingerprint density at radius 3 is 2.55 bits per heavy atom. The molecule has 2 rings (SSSR count). The van der Waals surface area contributed by atoms with E-state index in [0.717, 1.165) is 11.1 Å². The second kappa shape index (κ2) is 5.84. The first-order chi connectivity index (χ1) is 9.52. The van der Waals surface area contributed by atoms with Gasteiger partial charge in [0, 0.05) is 18.0 Å². The lowest BCUT2D eigenvalue weighted by atomic mass is 10.0. The van der Waals surface area contributed by atoms with Crippen molar-refractivity contribution in [1.29, 1.82) is 0 Å². The highest BCUT2D eigenvalue weighted by atomic mass is 16.3. The molecule has 0 aliphatic heterocycles. The number of hydrogen-bond acceptors (Lipinski definition) is 3. The van der Waals surface area contributed by atoms with E-state index in [1.807, 2.05) is 30.3 Å². The molecule has 2 aromatic rings. The van der Waals surface area contributed by atoms with Crippen LogP contribution in [0, 0.1) is 0 Å². The van der Waals surface area contributed by atoms with Gasteiger partial charge in [-0.2, -0.15) is 0 Å². The molecule has 1 heterocycles. The van der Waals surface area contributed by atoms with Crippen LogP contribution in [0.4, 0.5) is 0 Å². The van der Waals surface area contributed by atoms with Crippen LogP contribution in [-0.4, -0.2) is 28.1 Å². The maximum Gasteiger partial charge on any atom is 0.253 e. The van der Waals surface area contributed by atoms with Crippen LogP contribution in [0.15, 0.2) is 48.8 Å². The third kappa shape index (κ3) is 3.42. The second-order valence-electron chi connectivity index (χ2n) is 5.32. The average Bonchev–Trinajstić information content (AvgIpc) is 2.48. The van der Waals surface area contributed by atoms with E-state index in [0.29, 0.717) is 5.56 Å². The van der Waals surface area contributed by atoms with Crippen LogP contribution in [0.3, 0.4) is 0 Å². The van der Waals surface area contributed by atoms with Gasteiger partial charge in [0.1, 0.15) is 0 Å². The largest absolute Gasteiger partial charge is 0.394 e. The SMILES string of the molecule is CC(C)(CO)NC(=O)c1cncc(-c2ccccc2)c1. The summed E-state index contributed by atoms with van der Waals surface area (Å²) in [5.74, 6) is -0.241. The number of nitrogens with one attached hydrogen (secondary N) is 1. The number of hydrogen-bond donors (Lipinski definition) is 2. The Morgan fingerprint density at radius 2 is 1.90 bits per heavy atom. The van der Waals surface area contributed by atoms with E-state index in [9.17, 15) is 9.90 Å². The van der Waals surface area contributed by atoms with E-state index in [4.69, 9.17) is 0 Å². The number of aliphatic hydroxyl groups is 1. The van der Waals surface area contributed by atoms with Gasteiger partial charge in [-0.1, -0.05) is 30.3 Å². The zero-order valence-electron chi connectivity index (χ0n) is 11.6. The number of aromatic nitrogens is 1. The standard InChI is InChI=1S/C16H18N2O2/c1-16(2,11-19)18-15(20)14-8-13(9-17-10-14)12-6-4-3-5-7-12/h3-10,19H,11H2,1-2H3,(H,18,20). The van der Waals surface area contributed by atoms with E-state index < -0.39 is 5.54 Å². The number of nitrogens with zero attached hydrogens (tertiary/aromatic N) is 1. The van der Waals surface area contributed by atoms with Gasteiger partial charge in [0.25, 0.3) is 5.91 Å². The summed E-state index contributed by atoms with van der Waals surface area (Å²) in [6, 6.07) is 11.6. The van der Waals surface area contributed by atoms with E-state index >= 15 is 0 Å². The maximum atomic E-state index is 12.1. The van der Waals surface area contributed by atoms with Gasteiger partial charge in [-0.05, 0) is 25.5 Å². The summed E-state index contributed by atoms with van der Waals surface area (Å²) in [4.78, 5) is 16.3. The first-order valence-corrected chi connectivity index (χ1v) is 6.46. The Balaban J connectivity index is 2.25. The number of amides is 1. The number of rotatable bonds is 4. The van der Waals surface area contributed by atoms with Gasteiger partial charge in [0.2, 0.25) is 0 Å². The Kier molecular flexibility index (Phi) is 4.15. The zero-order chi connectivity index (χ0) is 14.6. The van der Waals surface area contributed by atoms with Crippen LogP contribution in [0.1, 0.15) is 24.2 Å². The fraction of sp³-hybridized carbons (Fsp3) is 0.250. The average molecular weight is 270 g/mol. The van der Waals surface area contributed by atoms with Crippen molar-refractivity contribution in [2.75, 3.05) is 6.61 Å². The first-order valence-electron chi connectivity index (χ1n) is 6.46. The highest BCUT2D eigenvalue weighted by Crippen LogP contribution is 2.19. The molecular formula is C16H18N2O2. The first kappa shape index (κ1) is 14.2. The number of benzene rings is 1. The Hall–Kier alpha value is -2.20. The Morgan fingerprint density at radius 1 is 1.20 bits per heavy atom. The predicted octanol–water partition coefficient (Wildman–Crippen LogP) is 2.25. The maximum absolute atomic E-state index is 12.1. The Bertz CT molecular complexity index is 594. The van der Waals surface area contributed by atoms with Crippen molar-refractivity contribution in [3.05, 3.63) is 54.4 Å². The molecule has 2 N–H and O–H groups in total. The van der Waals surface area contributed by atoms with Crippen molar-refractivity contribution in [3.8, 4) is 11.1 Å². The molecule has 0 unspecified atom stereocenters. The summed E-state index contributed by atoms with van der Waals surface area (Å²) >= 11 is 0. The summed E-state index contributed by atoms with van der Waals surface area (Å²) in [5.41, 5.74) is 1.73. The van der Waals surface area contributed by atoms with Crippen molar-refractivity contribution >= 4 is 5.91 Å². The molecule has 0 aliphatic rings. The van der Waals surface area contributed by atoms with Crippen molar-refractivity contribution < 1.29 is 9.90 Å². The fourth-order valence-electron chi connectivity index (χ4n) is 1.77. The van der Waals surface area contributed by atoms with Crippen LogP contribution in [-0.2, 0) is 0 Å². The summed E-state index contributed by atoms with van der Waals surface area (Å²) in [6.45, 7) is 3.41. The lowest BCUT2D eigenvalue weighted by molar-refractivity contribution is 0.0869.